The molecule has 0 radical (unpaired) electrons. The predicted octanol–water partition coefficient (Wildman–Crippen LogP) is 2.46. The van der Waals surface area contributed by atoms with E-state index in [0.29, 0.717) is 24.7 Å². The molecule has 4 heterocycles. The van der Waals surface area contributed by atoms with Crippen LogP contribution in [0.4, 0.5) is 5.95 Å². The minimum absolute atomic E-state index is 0.0271. The monoisotopic (exact) mass is 412 g/mol. The van der Waals surface area contributed by atoms with Crippen molar-refractivity contribution in [3.05, 3.63) is 47.2 Å². The van der Waals surface area contributed by atoms with Crippen LogP contribution in [0.25, 0.3) is 10.2 Å². The van der Waals surface area contributed by atoms with Crippen LogP contribution in [0.5, 0.6) is 0 Å². The van der Waals surface area contributed by atoms with Crippen molar-refractivity contribution in [1.29, 1.82) is 0 Å². The van der Waals surface area contributed by atoms with Gasteiger partial charge in [-0.15, -0.1) is 11.3 Å². The van der Waals surface area contributed by atoms with Crippen LogP contribution in [-0.4, -0.2) is 50.0 Å². The van der Waals surface area contributed by atoms with E-state index in [1.165, 1.54) is 18.3 Å². The number of hydrogen-bond acceptors (Lipinski definition) is 8. The Kier molecular flexibility index (Phi) is 5.70. The summed E-state index contributed by atoms with van der Waals surface area (Å²) >= 11 is 1.52. The quantitative estimate of drug-likeness (QED) is 0.571. The standard InChI is InChI=1S/C20H24N6O2S/c1-12(14-4-3-7-21-10-14)22-20-24-16-6-9-29-18(16)17(25-20)19(28)26-8-5-15(11-26)23-13(2)27/h3-4,6-7,9-10,12,15,19,28H,5,8,11H2,1-2H3,(H,23,27)(H,22,24,25)/t12-,15?,19?/m0/s1. The molecule has 152 valence electrons. The average molecular weight is 413 g/mol. The van der Waals surface area contributed by atoms with E-state index in [1.807, 2.05) is 41.6 Å². The first-order valence-electron chi connectivity index (χ1n) is 9.62. The summed E-state index contributed by atoms with van der Waals surface area (Å²) in [5.41, 5.74) is 2.42. The number of rotatable bonds is 6. The van der Waals surface area contributed by atoms with Crippen molar-refractivity contribution in [2.75, 3.05) is 18.4 Å². The smallest absolute Gasteiger partial charge is 0.224 e. The molecule has 3 N–H and O–H groups in total. The highest BCUT2D eigenvalue weighted by atomic mass is 32.1. The van der Waals surface area contributed by atoms with Crippen molar-refractivity contribution in [3.8, 4) is 0 Å². The zero-order chi connectivity index (χ0) is 20.4. The van der Waals surface area contributed by atoms with Gasteiger partial charge in [0, 0.05) is 38.4 Å². The molecule has 1 fully saturated rings. The number of aliphatic hydroxyl groups is 1. The summed E-state index contributed by atoms with van der Waals surface area (Å²) in [6.45, 7) is 4.82. The van der Waals surface area contributed by atoms with Crippen molar-refractivity contribution in [1.82, 2.24) is 25.2 Å². The number of nitrogens with zero attached hydrogens (tertiary/aromatic N) is 4. The third-order valence-corrected chi connectivity index (χ3v) is 6.00. The van der Waals surface area contributed by atoms with Crippen molar-refractivity contribution in [2.45, 2.75) is 38.6 Å². The van der Waals surface area contributed by atoms with Gasteiger partial charge in [0.1, 0.15) is 5.69 Å². The largest absolute Gasteiger partial charge is 0.372 e. The number of thiophene rings is 1. The van der Waals surface area contributed by atoms with Crippen LogP contribution >= 0.6 is 11.3 Å². The van der Waals surface area contributed by atoms with Gasteiger partial charge in [0.25, 0.3) is 0 Å². The number of amides is 1. The molecule has 1 aliphatic rings. The van der Waals surface area contributed by atoms with Crippen molar-refractivity contribution < 1.29 is 9.90 Å². The van der Waals surface area contributed by atoms with Crippen LogP contribution in [0.15, 0.2) is 36.0 Å². The highest BCUT2D eigenvalue weighted by molar-refractivity contribution is 7.17. The number of hydrogen-bond donors (Lipinski definition) is 3. The van der Waals surface area contributed by atoms with Gasteiger partial charge in [0.05, 0.1) is 16.3 Å². The highest BCUT2D eigenvalue weighted by Crippen LogP contribution is 2.31. The zero-order valence-electron chi connectivity index (χ0n) is 16.4. The van der Waals surface area contributed by atoms with Gasteiger partial charge in [-0.2, -0.15) is 0 Å². The van der Waals surface area contributed by atoms with Gasteiger partial charge in [-0.05, 0) is 36.4 Å². The normalized spacial score (nSPS) is 19.2. The number of nitrogens with one attached hydrogen (secondary N) is 2. The second-order valence-electron chi connectivity index (χ2n) is 7.27. The van der Waals surface area contributed by atoms with E-state index in [9.17, 15) is 9.90 Å². The summed E-state index contributed by atoms with van der Waals surface area (Å²) in [5, 5.41) is 19.3. The van der Waals surface area contributed by atoms with Gasteiger partial charge in [-0.1, -0.05) is 6.07 Å². The van der Waals surface area contributed by atoms with Crippen molar-refractivity contribution in [3.63, 3.8) is 0 Å². The van der Waals surface area contributed by atoms with Crippen LogP contribution in [0, 0.1) is 0 Å². The summed E-state index contributed by atoms with van der Waals surface area (Å²) in [6.07, 6.45) is 3.50. The lowest BCUT2D eigenvalue weighted by molar-refractivity contribution is -0.119. The molecule has 1 amide bonds. The summed E-state index contributed by atoms with van der Waals surface area (Å²) in [6, 6.07) is 5.84. The molecule has 2 unspecified atom stereocenters. The molecule has 0 saturated carbocycles. The number of anilines is 1. The van der Waals surface area contributed by atoms with Crippen molar-refractivity contribution >= 4 is 33.4 Å². The fourth-order valence-corrected chi connectivity index (χ4v) is 4.46. The summed E-state index contributed by atoms with van der Waals surface area (Å²) in [7, 11) is 0. The molecular weight excluding hydrogens is 388 g/mol. The first kappa shape index (κ1) is 19.7. The third-order valence-electron chi connectivity index (χ3n) is 5.08. The Hall–Kier alpha value is -2.62. The lowest BCUT2D eigenvalue weighted by Crippen LogP contribution is -2.36. The Bertz CT molecular complexity index is 995. The number of fused-ring (bicyclic) bond motifs is 1. The maximum absolute atomic E-state index is 11.3. The Balaban J connectivity index is 1.57. The SMILES string of the molecule is CC(=O)NC1CCN(C(O)c2nc(N[C@@H](C)c3cccnc3)nc3ccsc23)C1. The van der Waals surface area contributed by atoms with Crippen molar-refractivity contribution in [2.24, 2.45) is 0 Å². The molecule has 0 aliphatic carbocycles. The maximum atomic E-state index is 11.3. The van der Waals surface area contributed by atoms with Gasteiger partial charge in [0.15, 0.2) is 6.23 Å². The first-order chi connectivity index (χ1) is 14.0. The van der Waals surface area contributed by atoms with E-state index in [2.05, 4.69) is 25.6 Å². The second kappa shape index (κ2) is 8.40. The topological polar surface area (TPSA) is 103 Å². The summed E-state index contributed by atoms with van der Waals surface area (Å²) in [5.74, 6) is 0.420. The van der Waals surface area contributed by atoms with Crippen LogP contribution < -0.4 is 10.6 Å². The minimum atomic E-state index is -0.854. The van der Waals surface area contributed by atoms with E-state index < -0.39 is 6.23 Å². The van der Waals surface area contributed by atoms with Crippen LogP contribution in [0.3, 0.4) is 0 Å². The van der Waals surface area contributed by atoms with Gasteiger partial charge < -0.3 is 15.7 Å². The van der Waals surface area contributed by atoms with Crippen LogP contribution in [-0.2, 0) is 4.79 Å². The number of carbonyl (C=O) groups is 1. The molecule has 1 saturated heterocycles. The van der Waals surface area contributed by atoms with E-state index >= 15 is 0 Å². The molecule has 3 atom stereocenters. The van der Waals surface area contributed by atoms with E-state index in [1.54, 1.807) is 6.20 Å². The molecule has 29 heavy (non-hydrogen) atoms. The van der Waals surface area contributed by atoms with Crippen LogP contribution in [0.1, 0.15) is 43.8 Å². The molecule has 0 aromatic carbocycles. The van der Waals surface area contributed by atoms with E-state index in [-0.39, 0.29) is 18.0 Å². The lowest BCUT2D eigenvalue weighted by Gasteiger charge is -2.23. The Morgan fingerprint density at radius 2 is 2.24 bits per heavy atom. The molecule has 0 spiro atoms. The summed E-state index contributed by atoms with van der Waals surface area (Å²) < 4.78 is 0.875. The van der Waals surface area contributed by atoms with Gasteiger partial charge in [0.2, 0.25) is 11.9 Å². The third kappa shape index (κ3) is 4.36. The summed E-state index contributed by atoms with van der Waals surface area (Å²) in [4.78, 5) is 26.7. The first-order valence-corrected chi connectivity index (χ1v) is 10.5. The molecule has 9 heteroatoms. The minimum Gasteiger partial charge on any atom is -0.372 e. The Morgan fingerprint density at radius 3 is 3.00 bits per heavy atom. The number of carbonyl (C=O) groups excluding carboxylic acids is 1. The molecule has 4 rings (SSSR count). The average Bonchev–Trinajstić information content (AvgIpc) is 3.36. The van der Waals surface area contributed by atoms with Gasteiger partial charge in [-0.25, -0.2) is 9.97 Å². The van der Waals surface area contributed by atoms with Crippen LogP contribution in [0.2, 0.25) is 0 Å². The van der Waals surface area contributed by atoms with E-state index in [4.69, 9.17) is 0 Å². The second-order valence-corrected chi connectivity index (χ2v) is 8.19. The molecule has 8 nitrogen and oxygen atoms in total. The lowest BCUT2D eigenvalue weighted by atomic mass is 10.1. The predicted molar refractivity (Wildman–Crippen MR) is 112 cm³/mol. The highest BCUT2D eigenvalue weighted by Gasteiger charge is 2.31. The van der Waals surface area contributed by atoms with Gasteiger partial charge >= 0.3 is 0 Å². The number of aliphatic hydroxyl groups excluding tert-OH is 1. The Morgan fingerprint density at radius 1 is 1.38 bits per heavy atom. The number of likely N-dealkylation sites (tertiary alicyclic amines) is 1. The molecule has 1 aliphatic heterocycles. The number of aromatic nitrogens is 3. The fraction of sp³-hybridized carbons (Fsp3) is 0.400. The molecule has 3 aromatic rings. The Labute approximate surface area is 173 Å². The zero-order valence-corrected chi connectivity index (χ0v) is 17.2. The number of pyridine rings is 1. The molecule has 3 aromatic heterocycles. The van der Waals surface area contributed by atoms with E-state index in [0.717, 1.165) is 22.2 Å². The maximum Gasteiger partial charge on any atom is 0.224 e. The molecule has 0 bridgehead atoms. The fourth-order valence-electron chi connectivity index (χ4n) is 3.62. The molecular formula is C20H24N6O2S. The van der Waals surface area contributed by atoms with Gasteiger partial charge in [-0.3, -0.25) is 14.7 Å².